The number of hydrogen-bond acceptors (Lipinski definition) is 5. The van der Waals surface area contributed by atoms with Crippen LogP contribution in [0.4, 0.5) is 4.79 Å². The van der Waals surface area contributed by atoms with Gasteiger partial charge in [-0.3, -0.25) is 4.79 Å². The van der Waals surface area contributed by atoms with Gasteiger partial charge in [-0.15, -0.1) is 0 Å². The van der Waals surface area contributed by atoms with Gasteiger partial charge in [0.2, 0.25) is 0 Å². The van der Waals surface area contributed by atoms with E-state index < -0.39 is 11.6 Å². The maximum Gasteiger partial charge on any atom is 0.412 e. The standard InChI is InChI=1S/C25H40N2O5/c1-11-31-20(28)12-13-26-22(29)32-21-18(23(2,3)4)14-17(15-19(21)24(5,6)7)16-27(30)25(8,9)10/h14-16H,11-13H2,1-10H3,(H,26,29)/b27-16+. The SMILES string of the molecule is CCOC(=O)CCNC(=O)Oc1c(C(C)(C)C)cc(/C=[N+](/[O-])C(C)(C)C)cc1C(C)(C)C. The second-order valence-corrected chi connectivity index (χ2v) is 10.9. The summed E-state index contributed by atoms with van der Waals surface area (Å²) < 4.78 is 11.6. The third-order valence-electron chi connectivity index (χ3n) is 4.75. The molecule has 0 heterocycles. The van der Waals surface area contributed by atoms with Crippen LogP contribution in [0.25, 0.3) is 0 Å². The highest BCUT2D eigenvalue weighted by Gasteiger charge is 2.30. The molecule has 1 aromatic carbocycles. The number of nitrogens with zero attached hydrogens (tertiary/aromatic N) is 1. The van der Waals surface area contributed by atoms with Gasteiger partial charge in [0.05, 0.1) is 13.0 Å². The lowest BCUT2D eigenvalue weighted by Crippen LogP contribution is -2.32. The molecule has 0 atom stereocenters. The third kappa shape index (κ3) is 8.17. The zero-order valence-electron chi connectivity index (χ0n) is 21.3. The van der Waals surface area contributed by atoms with Crippen molar-refractivity contribution in [3.8, 4) is 5.75 Å². The first-order valence-corrected chi connectivity index (χ1v) is 11.1. The van der Waals surface area contributed by atoms with Crippen LogP contribution < -0.4 is 10.1 Å². The molecule has 7 nitrogen and oxygen atoms in total. The second-order valence-electron chi connectivity index (χ2n) is 10.9. The number of rotatable bonds is 6. The molecule has 7 heteroatoms. The fourth-order valence-electron chi connectivity index (χ4n) is 2.91. The van der Waals surface area contributed by atoms with Crippen LogP contribution in [0.3, 0.4) is 0 Å². The molecule has 0 saturated heterocycles. The molecule has 1 aromatic rings. The van der Waals surface area contributed by atoms with E-state index in [0.29, 0.717) is 12.4 Å². The Morgan fingerprint density at radius 3 is 1.91 bits per heavy atom. The minimum atomic E-state index is -0.637. The van der Waals surface area contributed by atoms with Crippen molar-refractivity contribution >= 4 is 18.3 Å². The average molecular weight is 449 g/mol. The summed E-state index contributed by atoms with van der Waals surface area (Å²) in [5, 5.41) is 15.2. The van der Waals surface area contributed by atoms with E-state index in [2.05, 4.69) is 5.32 Å². The number of ether oxygens (including phenoxy) is 2. The highest BCUT2D eigenvalue weighted by molar-refractivity contribution is 5.80. The average Bonchev–Trinajstić information content (AvgIpc) is 2.60. The van der Waals surface area contributed by atoms with Crippen LogP contribution in [0.1, 0.15) is 92.3 Å². The molecule has 0 bridgehead atoms. The Bertz CT molecular complexity index is 818. The number of esters is 1. The van der Waals surface area contributed by atoms with Gasteiger partial charge in [-0.1, -0.05) is 41.5 Å². The smallest absolute Gasteiger partial charge is 0.412 e. The van der Waals surface area contributed by atoms with Crippen molar-refractivity contribution < 1.29 is 23.8 Å². The lowest BCUT2D eigenvalue weighted by molar-refractivity contribution is -0.530. The molecule has 0 saturated carbocycles. The minimum Gasteiger partial charge on any atom is -0.623 e. The van der Waals surface area contributed by atoms with E-state index in [-0.39, 0.29) is 29.8 Å². The molecule has 0 unspecified atom stereocenters. The van der Waals surface area contributed by atoms with Crippen LogP contribution in [0.5, 0.6) is 5.75 Å². The molecule has 0 radical (unpaired) electrons. The molecule has 1 N–H and O–H groups in total. The van der Waals surface area contributed by atoms with Gasteiger partial charge in [0.15, 0.2) is 11.8 Å². The van der Waals surface area contributed by atoms with Gasteiger partial charge in [-0.05, 0) is 29.9 Å². The van der Waals surface area contributed by atoms with Crippen molar-refractivity contribution in [2.24, 2.45) is 0 Å². The van der Waals surface area contributed by atoms with E-state index >= 15 is 0 Å². The number of benzene rings is 1. The van der Waals surface area contributed by atoms with Crippen LogP contribution in [-0.2, 0) is 20.4 Å². The van der Waals surface area contributed by atoms with Crippen molar-refractivity contribution in [1.29, 1.82) is 0 Å². The fraction of sp³-hybridized carbons (Fsp3) is 0.640. The molecule has 180 valence electrons. The van der Waals surface area contributed by atoms with Crippen LogP contribution in [0.2, 0.25) is 0 Å². The molecule has 1 rings (SSSR count). The summed E-state index contributed by atoms with van der Waals surface area (Å²) in [6.45, 7) is 19.9. The van der Waals surface area contributed by atoms with Gasteiger partial charge in [-0.25, -0.2) is 9.53 Å². The van der Waals surface area contributed by atoms with Gasteiger partial charge >= 0.3 is 12.1 Å². The molecular weight excluding hydrogens is 408 g/mol. The highest BCUT2D eigenvalue weighted by atomic mass is 16.6. The van der Waals surface area contributed by atoms with Crippen molar-refractivity contribution in [1.82, 2.24) is 5.32 Å². The molecule has 0 aliphatic heterocycles. The van der Waals surface area contributed by atoms with E-state index in [1.54, 1.807) is 13.1 Å². The summed E-state index contributed by atoms with van der Waals surface area (Å²) in [5.74, 6) is 0.100. The normalized spacial score (nSPS) is 13.0. The molecule has 0 fully saturated rings. The maximum absolute atomic E-state index is 12.6. The van der Waals surface area contributed by atoms with Crippen LogP contribution in [-0.4, -0.2) is 41.7 Å². The molecule has 32 heavy (non-hydrogen) atoms. The maximum atomic E-state index is 12.6. The van der Waals surface area contributed by atoms with Gasteiger partial charge in [-0.2, -0.15) is 0 Å². The predicted octanol–water partition coefficient (Wildman–Crippen LogP) is 5.05. The molecule has 0 aromatic heterocycles. The number of amides is 1. The van der Waals surface area contributed by atoms with E-state index in [1.165, 1.54) is 0 Å². The summed E-state index contributed by atoms with van der Waals surface area (Å²) in [5.41, 5.74) is 1.12. The van der Waals surface area contributed by atoms with Crippen LogP contribution >= 0.6 is 0 Å². The van der Waals surface area contributed by atoms with Gasteiger partial charge < -0.3 is 20.0 Å². The Hall–Kier alpha value is -2.57. The molecule has 1 amide bonds. The molecule has 0 aliphatic carbocycles. The van der Waals surface area contributed by atoms with Crippen molar-refractivity contribution in [3.05, 3.63) is 34.0 Å². The van der Waals surface area contributed by atoms with E-state index in [1.807, 2.05) is 74.4 Å². The number of hydrogen-bond donors (Lipinski definition) is 1. The van der Waals surface area contributed by atoms with Gasteiger partial charge in [0, 0.05) is 44.0 Å². The predicted molar refractivity (Wildman–Crippen MR) is 128 cm³/mol. The summed E-state index contributed by atoms with van der Waals surface area (Å²) in [7, 11) is 0. The third-order valence-corrected chi connectivity index (χ3v) is 4.75. The van der Waals surface area contributed by atoms with Crippen molar-refractivity contribution in [2.45, 2.75) is 92.0 Å². The number of nitrogens with one attached hydrogen (secondary N) is 1. The topological polar surface area (TPSA) is 90.7 Å². The Balaban J connectivity index is 3.40. The fourth-order valence-corrected chi connectivity index (χ4v) is 2.91. The molecular formula is C25H40N2O5. The Labute approximate surface area is 192 Å². The number of carbonyl (C=O) groups excluding carboxylic acids is 2. The first-order valence-electron chi connectivity index (χ1n) is 11.1. The lowest BCUT2D eigenvalue weighted by Gasteiger charge is -2.29. The van der Waals surface area contributed by atoms with Crippen LogP contribution in [0, 0.1) is 5.21 Å². The summed E-state index contributed by atoms with van der Waals surface area (Å²) >= 11 is 0. The number of carbonyl (C=O) groups is 2. The summed E-state index contributed by atoms with van der Waals surface area (Å²) in [4.78, 5) is 24.1. The van der Waals surface area contributed by atoms with Gasteiger partial charge in [0.1, 0.15) is 5.75 Å². The zero-order valence-corrected chi connectivity index (χ0v) is 21.3. The summed E-state index contributed by atoms with van der Waals surface area (Å²) in [6, 6.07) is 3.79. The van der Waals surface area contributed by atoms with E-state index in [0.717, 1.165) is 21.4 Å². The number of hydroxylamine groups is 1. The minimum absolute atomic E-state index is 0.0707. The Morgan fingerprint density at radius 2 is 1.50 bits per heavy atom. The van der Waals surface area contributed by atoms with Gasteiger partial charge in [0.25, 0.3) is 0 Å². The molecule has 0 aliphatic rings. The first kappa shape index (κ1) is 27.5. The summed E-state index contributed by atoms with van der Waals surface area (Å²) in [6.07, 6.45) is 1.01. The van der Waals surface area contributed by atoms with Crippen molar-refractivity contribution in [2.75, 3.05) is 13.2 Å². The Morgan fingerprint density at radius 1 is 1.00 bits per heavy atom. The largest absolute Gasteiger partial charge is 0.623 e. The Kier molecular flexibility index (Phi) is 8.90. The quantitative estimate of drug-likeness (QED) is 0.216. The van der Waals surface area contributed by atoms with E-state index in [9.17, 15) is 14.8 Å². The van der Waals surface area contributed by atoms with E-state index in [4.69, 9.17) is 9.47 Å². The molecule has 0 spiro atoms. The second kappa shape index (κ2) is 10.4. The monoisotopic (exact) mass is 448 g/mol. The first-order chi connectivity index (χ1) is 14.5. The van der Waals surface area contributed by atoms with Crippen molar-refractivity contribution in [3.63, 3.8) is 0 Å². The lowest BCUT2D eigenvalue weighted by atomic mass is 9.78. The zero-order chi connectivity index (χ0) is 24.9. The highest BCUT2D eigenvalue weighted by Crippen LogP contribution is 2.40. The van der Waals surface area contributed by atoms with Crippen LogP contribution in [0.15, 0.2) is 12.1 Å².